The number of hydrogen-bond donors (Lipinski definition) is 1. The van der Waals surface area contributed by atoms with Gasteiger partial charge in [0.05, 0.1) is 7.11 Å². The molecule has 0 aliphatic carbocycles. The van der Waals surface area contributed by atoms with Gasteiger partial charge in [-0.05, 0) is 29.7 Å². The van der Waals surface area contributed by atoms with E-state index in [1.54, 1.807) is 25.4 Å². The minimum absolute atomic E-state index is 0.234. The monoisotopic (exact) mass is 274 g/mol. The Labute approximate surface area is 118 Å². The quantitative estimate of drug-likeness (QED) is 0.912. The molecule has 1 aromatic heterocycles. The lowest BCUT2D eigenvalue weighted by Gasteiger charge is -2.17. The third kappa shape index (κ3) is 2.74. The standard InChI is InChI=1S/C16H19FN2O/c1-10(2)13-7-12(17)8-14(16(13)18-3)11-5-6-15(20-4)19-9-11/h5-10,18H,1-4H3. The normalized spacial score (nSPS) is 10.7. The molecule has 0 aliphatic rings. The van der Waals surface area contributed by atoms with Crippen molar-refractivity contribution in [3.63, 3.8) is 0 Å². The van der Waals surface area contributed by atoms with Crippen LogP contribution in [0.4, 0.5) is 10.1 Å². The second-order valence-corrected chi connectivity index (χ2v) is 4.91. The summed E-state index contributed by atoms with van der Waals surface area (Å²) in [5, 5.41) is 3.17. The van der Waals surface area contributed by atoms with Gasteiger partial charge in [0.2, 0.25) is 5.88 Å². The van der Waals surface area contributed by atoms with Gasteiger partial charge in [-0.3, -0.25) is 0 Å². The largest absolute Gasteiger partial charge is 0.481 e. The van der Waals surface area contributed by atoms with Gasteiger partial charge in [0.25, 0.3) is 0 Å². The first-order valence-corrected chi connectivity index (χ1v) is 6.58. The number of aromatic nitrogens is 1. The third-order valence-electron chi connectivity index (χ3n) is 3.26. The molecule has 0 unspecified atom stereocenters. The zero-order chi connectivity index (χ0) is 14.7. The maximum absolute atomic E-state index is 13.9. The van der Waals surface area contributed by atoms with Crippen molar-refractivity contribution in [1.82, 2.24) is 4.98 Å². The fraction of sp³-hybridized carbons (Fsp3) is 0.312. The van der Waals surface area contributed by atoms with E-state index in [2.05, 4.69) is 10.3 Å². The summed E-state index contributed by atoms with van der Waals surface area (Å²) in [5.74, 6) is 0.539. The molecule has 0 atom stereocenters. The van der Waals surface area contributed by atoms with Gasteiger partial charge in [0.15, 0.2) is 0 Å². The van der Waals surface area contributed by atoms with E-state index in [9.17, 15) is 4.39 Å². The Bertz CT molecular complexity index is 594. The summed E-state index contributed by atoms with van der Waals surface area (Å²) >= 11 is 0. The molecule has 1 heterocycles. The number of hydrogen-bond acceptors (Lipinski definition) is 3. The number of methoxy groups -OCH3 is 1. The number of pyridine rings is 1. The maximum Gasteiger partial charge on any atom is 0.212 e. The van der Waals surface area contributed by atoms with Gasteiger partial charge in [-0.1, -0.05) is 13.8 Å². The lowest BCUT2D eigenvalue weighted by Crippen LogP contribution is -2.01. The Balaban J connectivity index is 2.59. The Morgan fingerprint density at radius 3 is 2.50 bits per heavy atom. The molecule has 0 fully saturated rings. The summed E-state index contributed by atoms with van der Waals surface area (Å²) in [5.41, 5.74) is 3.56. The van der Waals surface area contributed by atoms with Crippen LogP contribution < -0.4 is 10.1 Å². The molecule has 106 valence electrons. The number of rotatable bonds is 4. The molecule has 2 aromatic rings. The van der Waals surface area contributed by atoms with Crippen LogP contribution in [0.2, 0.25) is 0 Å². The van der Waals surface area contributed by atoms with Crippen LogP contribution in [0.3, 0.4) is 0 Å². The zero-order valence-corrected chi connectivity index (χ0v) is 12.2. The van der Waals surface area contributed by atoms with E-state index in [0.29, 0.717) is 5.88 Å². The van der Waals surface area contributed by atoms with Gasteiger partial charge in [-0.25, -0.2) is 9.37 Å². The van der Waals surface area contributed by atoms with Crippen molar-refractivity contribution >= 4 is 5.69 Å². The van der Waals surface area contributed by atoms with Crippen LogP contribution in [0.15, 0.2) is 30.5 Å². The number of ether oxygens (including phenoxy) is 1. The average Bonchev–Trinajstić information content (AvgIpc) is 2.46. The Morgan fingerprint density at radius 1 is 1.25 bits per heavy atom. The third-order valence-corrected chi connectivity index (χ3v) is 3.26. The summed E-state index contributed by atoms with van der Waals surface area (Å²) in [4.78, 5) is 4.18. The van der Waals surface area contributed by atoms with Crippen LogP contribution in [0.25, 0.3) is 11.1 Å². The average molecular weight is 274 g/mol. The molecule has 0 saturated carbocycles. The number of anilines is 1. The fourth-order valence-corrected chi connectivity index (χ4v) is 2.25. The number of nitrogens with one attached hydrogen (secondary N) is 1. The van der Waals surface area contributed by atoms with Gasteiger partial charge >= 0.3 is 0 Å². The first kappa shape index (κ1) is 14.3. The van der Waals surface area contributed by atoms with Gasteiger partial charge in [-0.15, -0.1) is 0 Å². The maximum atomic E-state index is 13.9. The molecule has 2 rings (SSSR count). The molecule has 1 N–H and O–H groups in total. The van der Waals surface area contributed by atoms with E-state index in [1.807, 2.05) is 27.0 Å². The van der Waals surface area contributed by atoms with E-state index in [4.69, 9.17) is 4.74 Å². The van der Waals surface area contributed by atoms with Gasteiger partial charge in [0, 0.05) is 36.1 Å². The van der Waals surface area contributed by atoms with E-state index >= 15 is 0 Å². The Kier molecular flexibility index (Phi) is 4.23. The van der Waals surface area contributed by atoms with Gasteiger partial charge < -0.3 is 10.1 Å². The molecule has 0 saturated heterocycles. The van der Waals surface area contributed by atoms with Gasteiger partial charge in [-0.2, -0.15) is 0 Å². The fourth-order valence-electron chi connectivity index (χ4n) is 2.25. The molecule has 0 spiro atoms. The molecule has 4 heteroatoms. The first-order chi connectivity index (χ1) is 9.56. The molecule has 0 radical (unpaired) electrons. The van der Waals surface area contributed by atoms with Crippen LogP contribution in [0.5, 0.6) is 5.88 Å². The molecule has 0 amide bonds. The molecular formula is C16H19FN2O. The highest BCUT2D eigenvalue weighted by Crippen LogP contribution is 2.35. The van der Waals surface area contributed by atoms with E-state index in [1.165, 1.54) is 6.07 Å². The summed E-state index contributed by atoms with van der Waals surface area (Å²) < 4.78 is 18.9. The Hall–Kier alpha value is -2.10. The number of nitrogens with zero attached hydrogens (tertiary/aromatic N) is 1. The van der Waals surface area contributed by atoms with E-state index < -0.39 is 0 Å². The van der Waals surface area contributed by atoms with Gasteiger partial charge in [0.1, 0.15) is 5.82 Å². The predicted octanol–water partition coefficient (Wildman–Crippen LogP) is 4.06. The van der Waals surface area contributed by atoms with Crippen molar-refractivity contribution in [2.75, 3.05) is 19.5 Å². The predicted molar refractivity (Wildman–Crippen MR) is 79.8 cm³/mol. The molecular weight excluding hydrogens is 255 g/mol. The van der Waals surface area contributed by atoms with Crippen molar-refractivity contribution in [2.24, 2.45) is 0 Å². The lowest BCUT2D eigenvalue weighted by atomic mass is 9.94. The lowest BCUT2D eigenvalue weighted by molar-refractivity contribution is 0.398. The summed E-state index contributed by atoms with van der Waals surface area (Å²) in [6, 6.07) is 6.76. The summed E-state index contributed by atoms with van der Waals surface area (Å²) in [6.45, 7) is 4.09. The SMILES string of the molecule is CNc1c(-c2ccc(OC)nc2)cc(F)cc1C(C)C. The molecule has 1 aromatic carbocycles. The highest BCUT2D eigenvalue weighted by atomic mass is 19.1. The second kappa shape index (κ2) is 5.90. The van der Waals surface area contributed by atoms with E-state index in [-0.39, 0.29) is 11.7 Å². The minimum Gasteiger partial charge on any atom is -0.481 e. The highest BCUT2D eigenvalue weighted by Gasteiger charge is 2.14. The second-order valence-electron chi connectivity index (χ2n) is 4.91. The molecule has 3 nitrogen and oxygen atoms in total. The van der Waals surface area contributed by atoms with Crippen molar-refractivity contribution in [1.29, 1.82) is 0 Å². The first-order valence-electron chi connectivity index (χ1n) is 6.58. The highest BCUT2D eigenvalue weighted by molar-refractivity contribution is 5.80. The van der Waals surface area contributed by atoms with Crippen LogP contribution >= 0.6 is 0 Å². The van der Waals surface area contributed by atoms with Crippen LogP contribution in [0, 0.1) is 5.82 Å². The zero-order valence-electron chi connectivity index (χ0n) is 12.2. The van der Waals surface area contributed by atoms with Crippen molar-refractivity contribution in [2.45, 2.75) is 19.8 Å². The van der Waals surface area contributed by atoms with Crippen LogP contribution in [-0.2, 0) is 0 Å². The van der Waals surface area contributed by atoms with E-state index in [0.717, 1.165) is 22.4 Å². The number of benzene rings is 1. The molecule has 0 bridgehead atoms. The van der Waals surface area contributed by atoms with Crippen LogP contribution in [0.1, 0.15) is 25.3 Å². The van der Waals surface area contributed by atoms with Crippen molar-refractivity contribution in [3.8, 4) is 17.0 Å². The van der Waals surface area contributed by atoms with Crippen molar-refractivity contribution < 1.29 is 9.13 Å². The Morgan fingerprint density at radius 2 is 2.00 bits per heavy atom. The minimum atomic E-state index is -0.237. The summed E-state index contributed by atoms with van der Waals surface area (Å²) in [7, 11) is 3.42. The number of halogens is 1. The van der Waals surface area contributed by atoms with Crippen molar-refractivity contribution in [3.05, 3.63) is 41.8 Å². The molecule has 20 heavy (non-hydrogen) atoms. The summed E-state index contributed by atoms with van der Waals surface area (Å²) in [6.07, 6.45) is 1.69. The topological polar surface area (TPSA) is 34.1 Å². The van der Waals surface area contributed by atoms with Crippen LogP contribution in [-0.4, -0.2) is 19.1 Å². The smallest absolute Gasteiger partial charge is 0.212 e. The molecule has 0 aliphatic heterocycles.